The van der Waals surface area contributed by atoms with Gasteiger partial charge in [-0.2, -0.15) is 0 Å². The number of imide groups is 1. The maximum Gasteiger partial charge on any atom is 0.345 e. The van der Waals surface area contributed by atoms with Crippen LogP contribution in [0.15, 0.2) is 0 Å². The highest BCUT2D eigenvalue weighted by atomic mass is 16.4. The number of aliphatic hydroxyl groups is 1. The average Bonchev–Trinajstić information content (AvgIpc) is 2.68. The number of carbonyl (C=O) groups is 5. The van der Waals surface area contributed by atoms with Crippen molar-refractivity contribution in [3.63, 3.8) is 0 Å². The summed E-state index contributed by atoms with van der Waals surface area (Å²) >= 11 is 0. The Morgan fingerprint density at radius 3 is 1.77 bits per heavy atom. The van der Waals surface area contributed by atoms with Crippen molar-refractivity contribution < 1.29 is 34.2 Å². The van der Waals surface area contributed by atoms with E-state index in [4.69, 9.17) is 17.2 Å². The molecule has 0 saturated carbocycles. The molecular weight excluding hydrogens is 408 g/mol. The van der Waals surface area contributed by atoms with Crippen molar-refractivity contribution in [1.82, 2.24) is 4.90 Å². The van der Waals surface area contributed by atoms with Crippen LogP contribution in [-0.4, -0.2) is 73.7 Å². The SMILES string of the molecule is CCCC(=O)C(C(=O)O)(C(=O)C(C)N)N(C(=O)C(N)C(C)C)C(=O)C(N)C(C)(O)CC. The highest BCUT2D eigenvalue weighted by Gasteiger charge is 2.63. The van der Waals surface area contributed by atoms with E-state index in [-0.39, 0.29) is 17.7 Å². The van der Waals surface area contributed by atoms with Crippen LogP contribution in [0.4, 0.5) is 0 Å². The fourth-order valence-electron chi connectivity index (χ4n) is 2.93. The van der Waals surface area contributed by atoms with E-state index in [0.29, 0.717) is 0 Å². The first-order chi connectivity index (χ1) is 14.0. The van der Waals surface area contributed by atoms with E-state index in [9.17, 15) is 34.2 Å². The zero-order valence-electron chi connectivity index (χ0n) is 19.0. The molecule has 5 atom stereocenters. The molecule has 8 N–H and O–H groups in total. The largest absolute Gasteiger partial charge is 0.479 e. The lowest BCUT2D eigenvalue weighted by Crippen LogP contribution is -2.75. The topological polar surface area (TPSA) is 207 Å². The van der Waals surface area contributed by atoms with Crippen molar-refractivity contribution in [1.29, 1.82) is 0 Å². The number of aliphatic carboxylic acids is 1. The number of carboxylic acid groups (broad SMARTS) is 1. The first-order valence-electron chi connectivity index (χ1n) is 10.2. The molecule has 0 aromatic carbocycles. The van der Waals surface area contributed by atoms with Gasteiger partial charge in [0.2, 0.25) is 5.91 Å². The Bertz CT molecular complexity index is 720. The second-order valence-electron chi connectivity index (χ2n) is 8.31. The van der Waals surface area contributed by atoms with Crippen molar-refractivity contribution in [3.05, 3.63) is 0 Å². The first kappa shape index (κ1) is 28.8. The number of carboxylic acids is 1. The van der Waals surface area contributed by atoms with E-state index in [0.717, 1.165) is 6.92 Å². The van der Waals surface area contributed by atoms with E-state index >= 15 is 0 Å². The Morgan fingerprint density at radius 2 is 1.45 bits per heavy atom. The van der Waals surface area contributed by atoms with Crippen LogP contribution < -0.4 is 17.2 Å². The maximum atomic E-state index is 13.4. The van der Waals surface area contributed by atoms with Crippen molar-refractivity contribution in [3.8, 4) is 0 Å². The van der Waals surface area contributed by atoms with E-state index in [1.54, 1.807) is 6.92 Å². The molecule has 11 heteroatoms. The Labute approximate surface area is 182 Å². The van der Waals surface area contributed by atoms with Crippen LogP contribution in [0.5, 0.6) is 0 Å². The fourth-order valence-corrected chi connectivity index (χ4v) is 2.93. The smallest absolute Gasteiger partial charge is 0.345 e. The van der Waals surface area contributed by atoms with Crippen LogP contribution in [0, 0.1) is 5.92 Å². The number of hydrogen-bond acceptors (Lipinski definition) is 9. The predicted molar refractivity (Wildman–Crippen MR) is 112 cm³/mol. The van der Waals surface area contributed by atoms with Gasteiger partial charge in [-0.25, -0.2) is 9.69 Å². The molecule has 0 fully saturated rings. The lowest BCUT2D eigenvalue weighted by Gasteiger charge is -2.42. The van der Waals surface area contributed by atoms with Gasteiger partial charge in [-0.05, 0) is 32.6 Å². The monoisotopic (exact) mass is 444 g/mol. The Hall–Kier alpha value is -2.21. The van der Waals surface area contributed by atoms with E-state index in [1.165, 1.54) is 27.7 Å². The molecule has 0 rings (SSSR count). The molecule has 0 aliphatic rings. The summed E-state index contributed by atoms with van der Waals surface area (Å²) in [6.45, 7) is 8.50. The number of rotatable bonds is 12. The fraction of sp³-hybridized carbons (Fsp3) is 0.750. The van der Waals surface area contributed by atoms with Gasteiger partial charge in [0.25, 0.3) is 11.4 Å². The number of carbonyl (C=O) groups excluding carboxylic acids is 4. The average molecular weight is 445 g/mol. The van der Waals surface area contributed by atoms with Crippen LogP contribution >= 0.6 is 0 Å². The summed E-state index contributed by atoms with van der Waals surface area (Å²) in [6, 6.07) is -4.77. The third kappa shape index (κ3) is 5.53. The summed E-state index contributed by atoms with van der Waals surface area (Å²) in [5.74, 6) is -7.87. The van der Waals surface area contributed by atoms with Crippen LogP contribution in [0.3, 0.4) is 0 Å². The van der Waals surface area contributed by atoms with Crippen molar-refractivity contribution in [2.24, 2.45) is 23.1 Å². The lowest BCUT2D eigenvalue weighted by atomic mass is 9.79. The molecule has 2 amide bonds. The molecular formula is C20H36N4O7. The molecule has 0 aromatic heterocycles. The van der Waals surface area contributed by atoms with Gasteiger partial charge in [0.05, 0.1) is 17.7 Å². The van der Waals surface area contributed by atoms with Crippen molar-refractivity contribution in [2.75, 3.05) is 0 Å². The number of nitrogens with zero attached hydrogens (tertiary/aromatic N) is 1. The van der Waals surface area contributed by atoms with Gasteiger partial charge in [-0.3, -0.25) is 19.2 Å². The Balaban J connectivity index is 7.27. The number of nitrogens with two attached hydrogens (primary N) is 3. The summed E-state index contributed by atoms with van der Waals surface area (Å²) in [5, 5.41) is 20.6. The molecule has 0 spiro atoms. The summed E-state index contributed by atoms with van der Waals surface area (Å²) < 4.78 is 0. The van der Waals surface area contributed by atoms with Crippen LogP contribution in [-0.2, 0) is 24.0 Å². The zero-order valence-corrected chi connectivity index (χ0v) is 19.0. The minimum Gasteiger partial charge on any atom is -0.479 e. The second-order valence-corrected chi connectivity index (χ2v) is 8.31. The van der Waals surface area contributed by atoms with Gasteiger partial charge >= 0.3 is 5.97 Å². The van der Waals surface area contributed by atoms with E-state index in [2.05, 4.69) is 0 Å². The molecule has 31 heavy (non-hydrogen) atoms. The normalized spacial score (nSPS) is 18.3. The summed E-state index contributed by atoms with van der Waals surface area (Å²) in [5.41, 5.74) is 12.3. The van der Waals surface area contributed by atoms with Gasteiger partial charge in [0.1, 0.15) is 6.04 Å². The minimum absolute atomic E-state index is 0.0263. The molecule has 0 aromatic rings. The number of amides is 2. The van der Waals surface area contributed by atoms with Gasteiger partial charge < -0.3 is 27.4 Å². The standard InChI is InChI=1S/C20H36N4O7/c1-7-9-12(25)20(18(29)30,15(26)11(5)21)24(16(27)13(22)10(3)4)17(28)14(23)19(6,31)8-2/h10-11,13-14,31H,7-9,21-23H2,1-6H3,(H,29,30). The van der Waals surface area contributed by atoms with Crippen molar-refractivity contribution in [2.45, 2.75) is 90.1 Å². The minimum atomic E-state index is -3.26. The summed E-state index contributed by atoms with van der Waals surface area (Å²) in [4.78, 5) is 65.3. The molecule has 11 nitrogen and oxygen atoms in total. The van der Waals surface area contributed by atoms with Crippen LogP contribution in [0.25, 0.3) is 0 Å². The predicted octanol–water partition coefficient (Wildman–Crippen LogP) is -1.08. The number of hydrogen-bond donors (Lipinski definition) is 5. The van der Waals surface area contributed by atoms with E-state index < -0.39 is 71.0 Å². The first-order valence-corrected chi connectivity index (χ1v) is 10.2. The molecule has 0 radical (unpaired) electrons. The molecule has 0 aliphatic heterocycles. The second kappa shape index (κ2) is 10.9. The van der Waals surface area contributed by atoms with Crippen LogP contribution in [0.1, 0.15) is 60.8 Å². The zero-order chi connectivity index (χ0) is 24.9. The van der Waals surface area contributed by atoms with Crippen LogP contribution in [0.2, 0.25) is 0 Å². The van der Waals surface area contributed by atoms with Gasteiger partial charge in [-0.1, -0.05) is 27.7 Å². The summed E-state index contributed by atoms with van der Waals surface area (Å²) in [7, 11) is 0. The highest BCUT2D eigenvalue weighted by Crippen LogP contribution is 2.28. The van der Waals surface area contributed by atoms with E-state index in [1.807, 2.05) is 0 Å². The molecule has 5 unspecified atom stereocenters. The van der Waals surface area contributed by atoms with Gasteiger partial charge in [0, 0.05) is 6.42 Å². The summed E-state index contributed by atoms with van der Waals surface area (Å²) in [6.07, 6.45) is -0.341. The molecule has 0 aliphatic carbocycles. The quantitative estimate of drug-likeness (QED) is 0.230. The molecule has 0 saturated heterocycles. The Morgan fingerprint density at radius 1 is 0.968 bits per heavy atom. The highest BCUT2D eigenvalue weighted by molar-refractivity contribution is 6.32. The molecule has 0 heterocycles. The van der Waals surface area contributed by atoms with Gasteiger partial charge in [0.15, 0.2) is 11.6 Å². The molecule has 0 bridgehead atoms. The van der Waals surface area contributed by atoms with Gasteiger partial charge in [-0.15, -0.1) is 0 Å². The third-order valence-corrected chi connectivity index (χ3v) is 5.39. The molecule has 178 valence electrons. The number of ketones is 2. The number of Topliss-reactive ketones (excluding diaryl/α,β-unsaturated/α-hetero) is 2. The Kier molecular flexibility index (Phi) is 10.1. The third-order valence-electron chi connectivity index (χ3n) is 5.39. The van der Waals surface area contributed by atoms with Crippen molar-refractivity contribution >= 4 is 29.4 Å². The lowest BCUT2D eigenvalue weighted by molar-refractivity contribution is -0.177. The maximum absolute atomic E-state index is 13.4.